The molecule has 106 valence electrons. The fourth-order valence-electron chi connectivity index (χ4n) is 1.52. The van der Waals surface area contributed by atoms with Crippen LogP contribution >= 0.6 is 11.3 Å². The zero-order valence-corrected chi connectivity index (χ0v) is 12.0. The molecule has 5 nitrogen and oxygen atoms in total. The fraction of sp³-hybridized carbons (Fsp3) is 0.231. The first-order valence-electron chi connectivity index (χ1n) is 6.06. The zero-order chi connectivity index (χ0) is 14.7. The van der Waals surface area contributed by atoms with Gasteiger partial charge in [0, 0.05) is 13.6 Å². The first-order chi connectivity index (χ1) is 9.52. The second kappa shape index (κ2) is 5.87. The summed E-state index contributed by atoms with van der Waals surface area (Å²) in [6.45, 7) is 2.72. The molecule has 0 unspecified atom stereocenters. The van der Waals surface area contributed by atoms with Crippen molar-refractivity contribution >= 4 is 33.9 Å². The van der Waals surface area contributed by atoms with Gasteiger partial charge < -0.3 is 16.0 Å². The van der Waals surface area contributed by atoms with Crippen LogP contribution in [0.25, 0.3) is 0 Å². The summed E-state index contributed by atoms with van der Waals surface area (Å²) in [5.74, 6) is -0.796. The molecule has 0 bridgehead atoms. The molecule has 1 aromatic carbocycles. The van der Waals surface area contributed by atoms with Crippen LogP contribution in [-0.4, -0.2) is 24.5 Å². The van der Waals surface area contributed by atoms with E-state index in [1.54, 1.807) is 12.1 Å². The number of carbonyl (C=O) groups excluding carboxylic acids is 1. The van der Waals surface area contributed by atoms with Crippen molar-refractivity contribution in [3.05, 3.63) is 35.0 Å². The van der Waals surface area contributed by atoms with Gasteiger partial charge in [-0.1, -0.05) is 23.5 Å². The van der Waals surface area contributed by atoms with E-state index in [-0.39, 0.29) is 16.4 Å². The summed E-state index contributed by atoms with van der Waals surface area (Å²) in [4.78, 5) is 18.4. The van der Waals surface area contributed by atoms with Crippen molar-refractivity contribution in [1.82, 2.24) is 4.98 Å². The Labute approximate surface area is 120 Å². The molecule has 0 aliphatic rings. The second-order valence-corrected chi connectivity index (χ2v) is 5.14. The molecule has 0 fully saturated rings. The summed E-state index contributed by atoms with van der Waals surface area (Å²) in [6, 6.07) is 5.97. The van der Waals surface area contributed by atoms with E-state index in [1.807, 2.05) is 18.9 Å². The number of halogens is 1. The molecular formula is C13H15FN4OS. The van der Waals surface area contributed by atoms with Gasteiger partial charge in [-0.25, -0.2) is 9.37 Å². The highest BCUT2D eigenvalue weighted by molar-refractivity contribution is 7.18. The quantitative estimate of drug-likeness (QED) is 0.909. The van der Waals surface area contributed by atoms with Crippen LogP contribution in [0.2, 0.25) is 0 Å². The normalized spacial score (nSPS) is 10.3. The van der Waals surface area contributed by atoms with Gasteiger partial charge in [0.05, 0.1) is 5.69 Å². The molecule has 20 heavy (non-hydrogen) atoms. The van der Waals surface area contributed by atoms with Crippen LogP contribution in [0.15, 0.2) is 24.3 Å². The highest BCUT2D eigenvalue weighted by atomic mass is 32.1. The Hall–Kier alpha value is -2.15. The van der Waals surface area contributed by atoms with E-state index in [0.29, 0.717) is 5.13 Å². The number of amides is 1. The largest absolute Gasteiger partial charge is 0.382 e. The summed E-state index contributed by atoms with van der Waals surface area (Å²) < 4.78 is 13.5. The van der Waals surface area contributed by atoms with Crippen molar-refractivity contribution in [3.63, 3.8) is 0 Å². The van der Waals surface area contributed by atoms with Crippen molar-refractivity contribution in [3.8, 4) is 0 Å². The maximum absolute atomic E-state index is 13.5. The van der Waals surface area contributed by atoms with Gasteiger partial charge in [0.25, 0.3) is 5.91 Å². The highest BCUT2D eigenvalue weighted by Crippen LogP contribution is 2.28. The van der Waals surface area contributed by atoms with Crippen LogP contribution in [0.3, 0.4) is 0 Å². The molecule has 3 N–H and O–H groups in total. The minimum Gasteiger partial charge on any atom is -0.382 e. The third-order valence-corrected chi connectivity index (χ3v) is 3.96. The predicted molar refractivity (Wildman–Crippen MR) is 79.8 cm³/mol. The van der Waals surface area contributed by atoms with Crippen LogP contribution in [-0.2, 0) is 0 Å². The van der Waals surface area contributed by atoms with E-state index in [4.69, 9.17) is 5.73 Å². The predicted octanol–water partition coefficient (Wildman–Crippen LogP) is 2.57. The molecule has 0 atom stereocenters. The molecule has 0 aliphatic heterocycles. The minimum absolute atomic E-state index is 0.121. The smallest absolute Gasteiger partial charge is 0.269 e. The first-order valence-corrected chi connectivity index (χ1v) is 6.88. The highest BCUT2D eigenvalue weighted by Gasteiger charge is 2.18. The number of carbonyl (C=O) groups is 1. The number of nitrogen functional groups attached to an aromatic ring is 1. The van der Waals surface area contributed by atoms with Gasteiger partial charge >= 0.3 is 0 Å². The minimum atomic E-state index is -0.491. The van der Waals surface area contributed by atoms with Gasteiger partial charge in [-0.15, -0.1) is 0 Å². The number of nitrogens with two attached hydrogens (primary N) is 1. The molecular weight excluding hydrogens is 279 g/mol. The van der Waals surface area contributed by atoms with Gasteiger partial charge in [-0.05, 0) is 19.1 Å². The number of aromatic nitrogens is 1. The van der Waals surface area contributed by atoms with Crippen molar-refractivity contribution in [2.75, 3.05) is 29.5 Å². The second-order valence-electron chi connectivity index (χ2n) is 4.16. The van der Waals surface area contributed by atoms with Crippen LogP contribution in [0.5, 0.6) is 0 Å². The van der Waals surface area contributed by atoms with Gasteiger partial charge in [-0.2, -0.15) is 0 Å². The molecule has 0 saturated carbocycles. The molecule has 2 rings (SSSR count). The molecule has 0 radical (unpaired) electrons. The van der Waals surface area contributed by atoms with E-state index in [1.165, 1.54) is 23.5 Å². The van der Waals surface area contributed by atoms with Gasteiger partial charge in [-0.3, -0.25) is 4.79 Å². The van der Waals surface area contributed by atoms with E-state index >= 15 is 0 Å². The zero-order valence-electron chi connectivity index (χ0n) is 11.2. The third-order valence-electron chi connectivity index (χ3n) is 2.77. The summed E-state index contributed by atoms with van der Waals surface area (Å²) in [7, 11) is 1.86. The standard InChI is InChI=1S/C13H15FN4OS/c1-3-18(2)13-17-11(15)10(20-13)12(19)16-9-7-5-4-6-8(9)14/h4-7H,3,15H2,1-2H3,(H,16,19). The number of nitrogens with one attached hydrogen (secondary N) is 1. The number of benzene rings is 1. The summed E-state index contributed by atoms with van der Waals surface area (Å²) in [5, 5.41) is 3.15. The van der Waals surface area contributed by atoms with Gasteiger partial charge in [0.15, 0.2) is 5.13 Å². The van der Waals surface area contributed by atoms with Crippen LogP contribution < -0.4 is 16.0 Å². The molecule has 7 heteroatoms. The van der Waals surface area contributed by atoms with E-state index in [9.17, 15) is 9.18 Å². The lowest BCUT2D eigenvalue weighted by Gasteiger charge is -2.10. The Morgan fingerprint density at radius 1 is 1.50 bits per heavy atom. The monoisotopic (exact) mass is 294 g/mol. The lowest BCUT2D eigenvalue weighted by molar-refractivity contribution is 0.103. The van der Waals surface area contributed by atoms with Crippen molar-refractivity contribution in [1.29, 1.82) is 0 Å². The number of hydrogen-bond donors (Lipinski definition) is 2. The average molecular weight is 294 g/mol. The lowest BCUT2D eigenvalue weighted by Crippen LogP contribution is -2.15. The molecule has 0 aliphatic carbocycles. The van der Waals surface area contributed by atoms with Crippen LogP contribution in [0, 0.1) is 5.82 Å². The summed E-state index contributed by atoms with van der Waals surface area (Å²) >= 11 is 1.18. The Kier molecular flexibility index (Phi) is 4.19. The number of nitrogens with zero attached hydrogens (tertiary/aromatic N) is 2. The lowest BCUT2D eigenvalue weighted by atomic mass is 10.3. The number of hydrogen-bond acceptors (Lipinski definition) is 5. The van der Waals surface area contributed by atoms with E-state index in [0.717, 1.165) is 6.54 Å². The van der Waals surface area contributed by atoms with E-state index < -0.39 is 11.7 Å². The van der Waals surface area contributed by atoms with Gasteiger partial charge in [0.2, 0.25) is 0 Å². The topological polar surface area (TPSA) is 71.2 Å². The fourth-order valence-corrected chi connectivity index (χ4v) is 2.43. The molecule has 1 aromatic heterocycles. The summed E-state index contributed by atoms with van der Waals surface area (Å²) in [5.41, 5.74) is 5.87. The molecule has 0 saturated heterocycles. The maximum atomic E-state index is 13.5. The molecule has 1 heterocycles. The Morgan fingerprint density at radius 3 is 2.85 bits per heavy atom. The average Bonchev–Trinajstić information content (AvgIpc) is 2.82. The number of anilines is 3. The molecule has 2 aromatic rings. The third kappa shape index (κ3) is 2.88. The van der Waals surface area contributed by atoms with Gasteiger partial charge in [0.1, 0.15) is 16.5 Å². The molecule has 0 spiro atoms. The number of rotatable bonds is 4. The van der Waals surface area contributed by atoms with E-state index in [2.05, 4.69) is 10.3 Å². The van der Waals surface area contributed by atoms with Crippen molar-refractivity contribution in [2.24, 2.45) is 0 Å². The molecule has 1 amide bonds. The Balaban J connectivity index is 2.22. The van der Waals surface area contributed by atoms with Crippen LogP contribution in [0.4, 0.5) is 21.0 Å². The first kappa shape index (κ1) is 14.3. The summed E-state index contributed by atoms with van der Waals surface area (Å²) in [6.07, 6.45) is 0. The Bertz CT molecular complexity index is 629. The SMILES string of the molecule is CCN(C)c1nc(N)c(C(=O)Nc2ccccc2F)s1. The maximum Gasteiger partial charge on any atom is 0.269 e. The van der Waals surface area contributed by atoms with Crippen LogP contribution in [0.1, 0.15) is 16.6 Å². The number of thiazole rings is 1. The van der Waals surface area contributed by atoms with Crippen molar-refractivity contribution < 1.29 is 9.18 Å². The van der Waals surface area contributed by atoms with Crippen molar-refractivity contribution in [2.45, 2.75) is 6.92 Å². The Morgan fingerprint density at radius 2 is 2.20 bits per heavy atom. The number of para-hydroxylation sites is 1.